The largest absolute Gasteiger partial charge is 0.507 e. The normalized spacial score (nSPS) is 11.6. The third-order valence-electron chi connectivity index (χ3n) is 19.3. The van der Waals surface area contributed by atoms with Gasteiger partial charge in [-0.15, -0.1) is 0 Å². The van der Waals surface area contributed by atoms with Gasteiger partial charge in [0.1, 0.15) is 22.8 Å². The highest BCUT2D eigenvalue weighted by Gasteiger charge is 2.21. The van der Waals surface area contributed by atoms with Crippen molar-refractivity contribution in [3.05, 3.63) is 83.9 Å². The van der Waals surface area contributed by atoms with Crippen LogP contribution in [0.3, 0.4) is 0 Å². The number of aromatic nitrogens is 1. The molecule has 0 atom stereocenters. The van der Waals surface area contributed by atoms with Crippen molar-refractivity contribution in [3.63, 3.8) is 0 Å². The number of hydrogen-bond acceptors (Lipinski definition) is 10. The summed E-state index contributed by atoms with van der Waals surface area (Å²) in [5, 5.41) is 11.3. The summed E-state index contributed by atoms with van der Waals surface area (Å²) in [6, 6.07) is 21.8. The van der Waals surface area contributed by atoms with Crippen molar-refractivity contribution in [2.45, 2.75) is 362 Å². The maximum atomic E-state index is 14.3. The Morgan fingerprint density at radius 1 is 0.392 bits per heavy atom. The monoisotopic (exact) mass is 1340 g/mol. The molecule has 0 aliphatic rings. The van der Waals surface area contributed by atoms with Crippen LogP contribution in [0.5, 0.6) is 34.5 Å². The van der Waals surface area contributed by atoms with Crippen molar-refractivity contribution in [2.24, 2.45) is 4.99 Å². The Labute approximate surface area is 591 Å². The summed E-state index contributed by atoms with van der Waals surface area (Å²) in [6.45, 7) is 11.4. The molecule has 0 saturated heterocycles. The molecule has 0 saturated carbocycles. The summed E-state index contributed by atoms with van der Waals surface area (Å²) >= 11 is 0. The number of rotatable bonds is 65. The number of nitrogens with zero attached hydrogens (tertiary/aromatic N) is 2. The number of ether oxygens (including phenoxy) is 5. The van der Waals surface area contributed by atoms with Crippen LogP contribution in [-0.4, -0.2) is 48.7 Å². The number of hydrogen-bond donors (Lipinski definition) is 1. The molecule has 10 nitrogen and oxygen atoms in total. The van der Waals surface area contributed by atoms with Crippen LogP contribution in [0.4, 0.5) is 5.69 Å². The van der Waals surface area contributed by atoms with E-state index in [1.165, 1.54) is 295 Å². The number of fused-ring (bicyclic) bond motifs is 1. The van der Waals surface area contributed by atoms with E-state index in [2.05, 4.69) is 32.7 Å². The number of unbranched alkanes of at least 4 members (excludes halogenated alkanes) is 48. The summed E-state index contributed by atoms with van der Waals surface area (Å²) in [7, 11) is 0. The predicted octanol–water partition coefficient (Wildman–Crippen LogP) is 28.1. The van der Waals surface area contributed by atoms with Crippen LogP contribution in [0.25, 0.3) is 22.6 Å². The van der Waals surface area contributed by atoms with Gasteiger partial charge in [0.2, 0.25) is 11.6 Å². The molecule has 10 heteroatoms. The molecule has 0 bridgehead atoms. The number of oxazole rings is 1. The summed E-state index contributed by atoms with van der Waals surface area (Å²) in [5.74, 6) is 2.47. The Balaban J connectivity index is 1.18. The van der Waals surface area contributed by atoms with E-state index in [4.69, 9.17) is 33.1 Å². The van der Waals surface area contributed by atoms with Crippen molar-refractivity contribution in [2.75, 3.05) is 26.4 Å². The molecule has 0 spiro atoms. The van der Waals surface area contributed by atoms with Gasteiger partial charge in [0.05, 0.1) is 37.7 Å². The number of benzene rings is 4. The molecule has 1 N–H and O–H groups in total. The van der Waals surface area contributed by atoms with Gasteiger partial charge in [-0.1, -0.05) is 336 Å². The first-order valence-corrected chi connectivity index (χ1v) is 40.7. The third-order valence-corrected chi connectivity index (χ3v) is 19.3. The first-order valence-electron chi connectivity index (χ1n) is 40.7. The van der Waals surface area contributed by atoms with Crippen LogP contribution in [0.2, 0.25) is 0 Å². The van der Waals surface area contributed by atoms with Crippen molar-refractivity contribution >= 4 is 29.0 Å². The van der Waals surface area contributed by atoms with E-state index in [0.29, 0.717) is 72.0 Å². The second-order valence-electron chi connectivity index (χ2n) is 28.2. The van der Waals surface area contributed by atoms with Crippen LogP contribution in [0, 0.1) is 0 Å². The summed E-state index contributed by atoms with van der Waals surface area (Å²) in [5.41, 5.74) is 3.75. The van der Waals surface area contributed by atoms with Crippen molar-refractivity contribution < 1.29 is 38.0 Å². The molecule has 0 aliphatic carbocycles. The lowest BCUT2D eigenvalue weighted by atomic mass is 10.0. The average molecular weight is 1340 g/mol. The molecule has 544 valence electrons. The predicted molar refractivity (Wildman–Crippen MR) is 411 cm³/mol. The topological polar surface area (TPSA) is 122 Å². The molecule has 0 aliphatic heterocycles. The highest BCUT2D eigenvalue weighted by atomic mass is 16.5. The number of carbonyl (C=O) groups excluding carboxylic acids is 1. The van der Waals surface area contributed by atoms with Crippen LogP contribution < -0.4 is 23.7 Å². The van der Waals surface area contributed by atoms with Gasteiger partial charge in [-0.2, -0.15) is 0 Å². The highest BCUT2D eigenvalue weighted by molar-refractivity contribution is 5.93. The summed E-state index contributed by atoms with van der Waals surface area (Å²) in [4.78, 5) is 23.7. The molecule has 0 amide bonds. The molecule has 4 aromatic carbocycles. The van der Waals surface area contributed by atoms with E-state index >= 15 is 0 Å². The zero-order valence-corrected chi connectivity index (χ0v) is 62.3. The Kier molecular flexibility index (Phi) is 47.7. The van der Waals surface area contributed by atoms with Crippen LogP contribution in [-0.2, 0) is 0 Å². The van der Waals surface area contributed by atoms with Gasteiger partial charge >= 0.3 is 5.97 Å². The summed E-state index contributed by atoms with van der Waals surface area (Å²) in [6.07, 6.45) is 68.7. The van der Waals surface area contributed by atoms with E-state index < -0.39 is 5.97 Å². The minimum absolute atomic E-state index is 0.0642. The zero-order chi connectivity index (χ0) is 68.5. The maximum Gasteiger partial charge on any atom is 0.343 e. The molecular weight excluding hydrogens is 1200 g/mol. The van der Waals surface area contributed by atoms with E-state index in [-0.39, 0.29) is 11.5 Å². The second-order valence-corrected chi connectivity index (χ2v) is 28.2. The number of phenols is 1. The molecule has 1 aromatic heterocycles. The lowest BCUT2D eigenvalue weighted by molar-refractivity contribution is 0.0733. The fourth-order valence-corrected chi connectivity index (χ4v) is 13.1. The van der Waals surface area contributed by atoms with E-state index in [1.54, 1.807) is 30.5 Å². The number of aliphatic imine (C=N–C) groups is 1. The van der Waals surface area contributed by atoms with Crippen molar-refractivity contribution in [1.29, 1.82) is 0 Å². The fraction of sp³-hybridized carbons (Fsp3) is 0.690. The number of phenolic OH excluding ortho intramolecular Hbond substituents is 1. The third kappa shape index (κ3) is 38.6. The number of esters is 1. The van der Waals surface area contributed by atoms with Crippen LogP contribution in [0.1, 0.15) is 377 Å². The van der Waals surface area contributed by atoms with Gasteiger partial charge in [0.15, 0.2) is 17.1 Å². The SMILES string of the molecule is CCCCCCCCCCCCCCCCOc1cc(C(=O)Oc2ccc(C=Nc3ccc(-c4nc5ccc(OCCCCCCCCCCCC)cc5o4)cc3)c(O)c2)cc(OCCCCCCCCCCCCCCCC)c1OCCCCCCCCCCCCCCCC. The second kappa shape index (κ2) is 56.3. The zero-order valence-electron chi connectivity index (χ0n) is 62.3. The van der Waals surface area contributed by atoms with Gasteiger partial charge in [-0.3, -0.25) is 4.99 Å². The van der Waals surface area contributed by atoms with Crippen molar-refractivity contribution in [1.82, 2.24) is 4.98 Å². The Morgan fingerprint density at radius 3 is 1.12 bits per heavy atom. The maximum absolute atomic E-state index is 14.3. The molecule has 0 fully saturated rings. The molecule has 5 aromatic rings. The fourth-order valence-electron chi connectivity index (χ4n) is 13.1. The molecule has 5 rings (SSSR count). The highest BCUT2D eigenvalue weighted by Crippen LogP contribution is 2.41. The van der Waals surface area contributed by atoms with Crippen molar-refractivity contribution in [3.8, 4) is 46.0 Å². The Morgan fingerprint density at radius 2 is 0.742 bits per heavy atom. The molecule has 1 heterocycles. The molecular formula is C87H138N2O8. The molecule has 0 unspecified atom stereocenters. The molecule has 0 radical (unpaired) electrons. The van der Waals surface area contributed by atoms with Crippen LogP contribution in [0.15, 0.2) is 82.2 Å². The van der Waals surface area contributed by atoms with Gasteiger partial charge in [0.25, 0.3) is 0 Å². The first kappa shape index (κ1) is 82.2. The summed E-state index contributed by atoms with van der Waals surface area (Å²) < 4.78 is 38.2. The minimum atomic E-state index is -0.575. The first-order chi connectivity index (χ1) is 47.9. The van der Waals surface area contributed by atoms with E-state index in [0.717, 1.165) is 61.8 Å². The van der Waals surface area contributed by atoms with Gasteiger partial charge in [-0.25, -0.2) is 9.78 Å². The minimum Gasteiger partial charge on any atom is -0.507 e. The van der Waals surface area contributed by atoms with Gasteiger partial charge < -0.3 is 33.2 Å². The lowest BCUT2D eigenvalue weighted by Gasteiger charge is -2.19. The standard InChI is InChI=1S/C87H138N2O8/c1-5-9-13-17-21-25-29-32-35-38-42-46-50-54-66-93-83-69-76(70-84(94-67-55-51-47-43-39-36-33-30-26-22-18-14-10-6-2)85(83)95-68-56-52-48-44-40-37-34-31-27-23-19-15-11-7-3)87(91)96-79-62-59-75(81(90)71-79)73-88-77-60-57-74(58-61-77)86-89-80-64-63-78(72-82(80)97-86)92-65-53-49-45-41-28-24-20-16-12-8-4/h57-64,69-73,90H,5-56,65-68H2,1-4H3. The number of aromatic hydroxyl groups is 1. The van der Waals surface area contributed by atoms with E-state index in [9.17, 15) is 9.90 Å². The number of carbonyl (C=O) groups is 1. The van der Waals surface area contributed by atoms with Crippen LogP contribution >= 0.6 is 0 Å². The quantitative estimate of drug-likeness (QED) is 0.0175. The molecule has 97 heavy (non-hydrogen) atoms. The Hall–Kier alpha value is -5.51. The van der Waals surface area contributed by atoms with Gasteiger partial charge in [0, 0.05) is 29.5 Å². The lowest BCUT2D eigenvalue weighted by Crippen LogP contribution is -2.12. The average Bonchev–Trinajstić information content (AvgIpc) is 1.47. The smallest absolute Gasteiger partial charge is 0.343 e. The van der Waals surface area contributed by atoms with Gasteiger partial charge in [-0.05, 0) is 86.3 Å². The Bertz CT molecular complexity index is 2680. The van der Waals surface area contributed by atoms with E-state index in [1.807, 2.05) is 42.5 Å².